The van der Waals surface area contributed by atoms with E-state index in [1.807, 2.05) is 54.6 Å². The molecule has 0 saturated heterocycles. The Balaban J connectivity index is 1.82. The molecular weight excluding hydrogens is 572 g/mol. The van der Waals surface area contributed by atoms with Crippen molar-refractivity contribution in [3.8, 4) is 0 Å². The Kier molecular flexibility index (Phi) is 12.4. The second kappa shape index (κ2) is 16.2. The highest BCUT2D eigenvalue weighted by molar-refractivity contribution is 7.80. The summed E-state index contributed by atoms with van der Waals surface area (Å²) < 4.78 is 0. The molecule has 1 aromatic heterocycles. The standard InChI is InChI=1S/C29H38N8O5S/c30-20(13-17-7-2-1-3-8-17)25(38)35-22(11-6-12-33-29(31)32)26(39)36-23(27(40)37-24(16-43)28(41)42)14-18-15-34-21-10-5-4-9-19(18)21/h1-5,7-10,15,20,22-24,34,43H,6,11-14,16,30H2,(H,35,38)(H,36,39)(H,37,40)(H,41,42)(H4,31,32,33)/t20-,22+,23+,24-/m1/s1. The number of nitrogens with zero attached hydrogens (tertiary/aromatic N) is 1. The number of aliphatic carboxylic acids is 1. The number of nitrogens with two attached hydrogens (primary N) is 3. The molecule has 0 spiro atoms. The lowest BCUT2D eigenvalue weighted by Gasteiger charge is -2.25. The molecule has 0 aliphatic rings. The van der Waals surface area contributed by atoms with Crippen molar-refractivity contribution in [1.82, 2.24) is 20.9 Å². The van der Waals surface area contributed by atoms with E-state index in [0.29, 0.717) is 6.42 Å². The van der Waals surface area contributed by atoms with Crippen molar-refractivity contribution >= 4 is 53.2 Å². The summed E-state index contributed by atoms with van der Waals surface area (Å²) in [4.78, 5) is 58.6. The van der Waals surface area contributed by atoms with E-state index in [2.05, 4.69) is 38.6 Å². The first-order chi connectivity index (χ1) is 20.6. The Morgan fingerprint density at radius 1 is 0.860 bits per heavy atom. The number of carbonyl (C=O) groups is 4. The van der Waals surface area contributed by atoms with Crippen LogP contribution in [0.4, 0.5) is 0 Å². The highest BCUT2D eigenvalue weighted by Crippen LogP contribution is 2.19. The second-order valence-electron chi connectivity index (χ2n) is 10.0. The van der Waals surface area contributed by atoms with Gasteiger partial charge in [-0.25, -0.2) is 4.79 Å². The van der Waals surface area contributed by atoms with Crippen LogP contribution in [0, 0.1) is 0 Å². The number of hydrogen-bond acceptors (Lipinski definition) is 7. The SMILES string of the molecule is NC(N)=NCCC[C@H](NC(=O)[C@H](N)Cc1ccccc1)C(=O)N[C@@H](Cc1c[nH]c2ccccc12)C(=O)N[C@H](CS)C(=O)O. The summed E-state index contributed by atoms with van der Waals surface area (Å²) in [5.41, 5.74) is 19.4. The number of thiol groups is 1. The summed E-state index contributed by atoms with van der Waals surface area (Å²) in [6.07, 6.45) is 2.50. The molecular formula is C29H38N8O5S. The summed E-state index contributed by atoms with van der Waals surface area (Å²) in [6, 6.07) is 12.2. The average Bonchev–Trinajstić information content (AvgIpc) is 3.39. The van der Waals surface area contributed by atoms with Crippen molar-refractivity contribution in [3.63, 3.8) is 0 Å². The van der Waals surface area contributed by atoms with Gasteiger partial charge < -0.3 is 43.2 Å². The van der Waals surface area contributed by atoms with Crippen LogP contribution in [0.3, 0.4) is 0 Å². The van der Waals surface area contributed by atoms with Crippen LogP contribution < -0.4 is 33.2 Å². The van der Waals surface area contributed by atoms with Crippen LogP contribution in [-0.4, -0.2) is 76.2 Å². The second-order valence-corrected chi connectivity index (χ2v) is 10.4. The number of aromatic amines is 1. The highest BCUT2D eigenvalue weighted by atomic mass is 32.1. The van der Waals surface area contributed by atoms with Crippen molar-refractivity contribution in [2.45, 2.75) is 49.9 Å². The third kappa shape index (κ3) is 10.0. The number of nitrogens with one attached hydrogen (secondary N) is 4. The third-order valence-corrected chi connectivity index (χ3v) is 7.11. The number of aliphatic imine (C=N–C) groups is 1. The van der Waals surface area contributed by atoms with Gasteiger partial charge in [-0.15, -0.1) is 0 Å². The largest absolute Gasteiger partial charge is 0.480 e. The number of aromatic nitrogens is 1. The predicted octanol–water partition coefficient (Wildman–Crippen LogP) is -0.197. The molecule has 0 radical (unpaired) electrons. The van der Waals surface area contributed by atoms with Crippen LogP contribution >= 0.6 is 12.6 Å². The number of carbonyl (C=O) groups excluding carboxylic acids is 3. The lowest BCUT2D eigenvalue weighted by molar-refractivity contribution is -0.141. The lowest BCUT2D eigenvalue weighted by Crippen LogP contribution is -2.58. The van der Waals surface area contributed by atoms with E-state index in [-0.39, 0.29) is 37.5 Å². The van der Waals surface area contributed by atoms with Crippen LogP contribution in [0.1, 0.15) is 24.0 Å². The molecule has 14 heteroatoms. The number of carboxylic acids is 1. The first-order valence-electron chi connectivity index (χ1n) is 13.7. The molecule has 230 valence electrons. The minimum absolute atomic E-state index is 0.0443. The van der Waals surface area contributed by atoms with Gasteiger partial charge >= 0.3 is 5.97 Å². The van der Waals surface area contributed by atoms with E-state index < -0.39 is 47.9 Å². The number of para-hydroxylation sites is 1. The maximum absolute atomic E-state index is 13.6. The van der Waals surface area contributed by atoms with Gasteiger partial charge in [-0.05, 0) is 36.5 Å². The Bertz CT molecular complexity index is 1430. The molecule has 0 unspecified atom stereocenters. The number of hydrogen-bond donors (Lipinski definition) is 9. The maximum Gasteiger partial charge on any atom is 0.327 e. The minimum atomic E-state index is -1.27. The third-order valence-electron chi connectivity index (χ3n) is 6.74. The normalized spacial score (nSPS) is 13.7. The van der Waals surface area contributed by atoms with E-state index in [1.54, 1.807) is 6.20 Å². The topological polar surface area (TPSA) is 231 Å². The zero-order valence-corrected chi connectivity index (χ0v) is 24.4. The number of guanidine groups is 1. The molecule has 0 saturated carbocycles. The maximum atomic E-state index is 13.6. The van der Waals surface area contributed by atoms with Crippen LogP contribution in [0.2, 0.25) is 0 Å². The van der Waals surface area contributed by atoms with Gasteiger partial charge in [-0.3, -0.25) is 19.4 Å². The van der Waals surface area contributed by atoms with Crippen molar-refractivity contribution < 1.29 is 24.3 Å². The van der Waals surface area contributed by atoms with Crippen LogP contribution in [0.5, 0.6) is 0 Å². The average molecular weight is 611 g/mol. The van der Waals surface area contributed by atoms with Crippen LogP contribution in [-0.2, 0) is 32.0 Å². The van der Waals surface area contributed by atoms with Crippen molar-refractivity contribution in [2.24, 2.45) is 22.2 Å². The van der Waals surface area contributed by atoms with Gasteiger partial charge in [0.2, 0.25) is 17.7 Å². The van der Waals surface area contributed by atoms with Gasteiger partial charge in [0.05, 0.1) is 6.04 Å². The molecule has 11 N–H and O–H groups in total. The van der Waals surface area contributed by atoms with Gasteiger partial charge in [0, 0.05) is 35.8 Å². The van der Waals surface area contributed by atoms with E-state index in [9.17, 15) is 24.3 Å². The van der Waals surface area contributed by atoms with Crippen molar-refractivity contribution in [3.05, 3.63) is 71.9 Å². The molecule has 2 aromatic carbocycles. The Morgan fingerprint density at radius 3 is 2.16 bits per heavy atom. The van der Waals surface area contributed by atoms with Crippen molar-refractivity contribution in [1.29, 1.82) is 0 Å². The molecule has 3 rings (SSSR count). The highest BCUT2D eigenvalue weighted by Gasteiger charge is 2.30. The van der Waals surface area contributed by atoms with E-state index in [4.69, 9.17) is 17.2 Å². The first kappa shape index (κ1) is 32.9. The summed E-state index contributed by atoms with van der Waals surface area (Å²) >= 11 is 4.02. The van der Waals surface area contributed by atoms with Crippen LogP contribution in [0.15, 0.2) is 65.8 Å². The molecule has 0 aliphatic heterocycles. The molecule has 4 atom stereocenters. The molecule has 13 nitrogen and oxygen atoms in total. The van der Waals surface area contributed by atoms with Gasteiger partial charge in [0.25, 0.3) is 0 Å². The van der Waals surface area contributed by atoms with Crippen molar-refractivity contribution in [2.75, 3.05) is 12.3 Å². The molecule has 0 bridgehead atoms. The predicted molar refractivity (Wildman–Crippen MR) is 167 cm³/mol. The lowest BCUT2D eigenvalue weighted by atomic mass is 10.0. The number of carboxylic acid groups (broad SMARTS) is 1. The molecule has 1 heterocycles. The summed E-state index contributed by atoms with van der Waals surface area (Å²) in [5.74, 6) is -3.45. The van der Waals surface area contributed by atoms with E-state index in [1.165, 1.54) is 0 Å². The fourth-order valence-electron chi connectivity index (χ4n) is 4.47. The summed E-state index contributed by atoms with van der Waals surface area (Å²) in [7, 11) is 0. The Hall–Kier alpha value is -4.56. The summed E-state index contributed by atoms with van der Waals surface area (Å²) in [5, 5.41) is 18.1. The fraction of sp³-hybridized carbons (Fsp3) is 0.345. The Labute approximate surface area is 254 Å². The number of H-pyrrole nitrogens is 1. The molecule has 3 amide bonds. The van der Waals surface area contributed by atoms with Gasteiger partial charge in [0.1, 0.15) is 18.1 Å². The van der Waals surface area contributed by atoms with Gasteiger partial charge in [-0.1, -0.05) is 48.5 Å². The van der Waals surface area contributed by atoms with Gasteiger partial charge in [0.15, 0.2) is 5.96 Å². The Morgan fingerprint density at radius 2 is 1.49 bits per heavy atom. The number of rotatable bonds is 16. The van der Waals surface area contributed by atoms with Gasteiger partial charge in [-0.2, -0.15) is 12.6 Å². The summed E-state index contributed by atoms with van der Waals surface area (Å²) in [6.45, 7) is 0.208. The smallest absolute Gasteiger partial charge is 0.327 e. The number of benzene rings is 2. The zero-order valence-electron chi connectivity index (χ0n) is 23.5. The number of fused-ring (bicyclic) bond motifs is 1. The minimum Gasteiger partial charge on any atom is -0.480 e. The molecule has 0 fully saturated rings. The quantitative estimate of drug-likeness (QED) is 0.0455. The monoisotopic (exact) mass is 610 g/mol. The molecule has 0 aliphatic carbocycles. The molecule has 43 heavy (non-hydrogen) atoms. The van der Waals surface area contributed by atoms with Crippen LogP contribution in [0.25, 0.3) is 10.9 Å². The first-order valence-corrected chi connectivity index (χ1v) is 14.4. The molecule has 3 aromatic rings. The van der Waals surface area contributed by atoms with E-state index in [0.717, 1.165) is 22.0 Å². The van der Waals surface area contributed by atoms with E-state index >= 15 is 0 Å². The zero-order chi connectivity index (χ0) is 31.4. The fourth-order valence-corrected chi connectivity index (χ4v) is 4.72. The number of amides is 3.